The van der Waals surface area contributed by atoms with Crippen LogP contribution in [0.4, 0.5) is 5.69 Å². The number of halogens is 1. The van der Waals surface area contributed by atoms with Crippen molar-refractivity contribution < 1.29 is 9.53 Å². The van der Waals surface area contributed by atoms with Crippen LogP contribution in [0.15, 0.2) is 18.2 Å². The van der Waals surface area contributed by atoms with E-state index in [-0.39, 0.29) is 6.10 Å². The van der Waals surface area contributed by atoms with E-state index >= 15 is 0 Å². The number of rotatable bonds is 5. The highest BCUT2D eigenvalue weighted by atomic mass is 35.5. The van der Waals surface area contributed by atoms with Gasteiger partial charge in [0.1, 0.15) is 6.29 Å². The maximum atomic E-state index is 10.7. The maximum absolute atomic E-state index is 10.7. The minimum absolute atomic E-state index is 0.288. The maximum Gasteiger partial charge on any atom is 0.150 e. The summed E-state index contributed by atoms with van der Waals surface area (Å²) in [6.45, 7) is 4.80. The molecule has 1 fully saturated rings. The Hall–Kier alpha value is -1.06. The number of benzene rings is 1. The smallest absolute Gasteiger partial charge is 0.150 e. The van der Waals surface area contributed by atoms with Crippen LogP contribution in [-0.4, -0.2) is 32.1 Å². The van der Waals surface area contributed by atoms with E-state index < -0.39 is 0 Å². The summed E-state index contributed by atoms with van der Waals surface area (Å²) in [6, 6.07) is 5.46. The third-order valence-electron chi connectivity index (χ3n) is 3.38. The molecule has 0 aliphatic carbocycles. The van der Waals surface area contributed by atoms with Crippen LogP contribution >= 0.6 is 11.6 Å². The Bertz CT molecular complexity index is 436. The third-order valence-corrected chi connectivity index (χ3v) is 3.69. The summed E-state index contributed by atoms with van der Waals surface area (Å²) < 4.78 is 5.83. The number of nitrogens with zero attached hydrogens (tertiary/aromatic N) is 1. The van der Waals surface area contributed by atoms with E-state index in [4.69, 9.17) is 16.3 Å². The molecule has 4 heteroatoms. The average molecular weight is 282 g/mol. The fourth-order valence-corrected chi connectivity index (χ4v) is 2.74. The molecule has 2 rings (SSSR count). The van der Waals surface area contributed by atoms with Crippen molar-refractivity contribution in [3.8, 4) is 0 Å². The molecule has 104 valence electrons. The van der Waals surface area contributed by atoms with Crippen LogP contribution in [-0.2, 0) is 4.74 Å². The molecule has 1 heterocycles. The molecule has 0 aromatic heterocycles. The molecule has 19 heavy (non-hydrogen) atoms. The number of piperidine rings is 1. The van der Waals surface area contributed by atoms with Crippen LogP contribution in [0.25, 0.3) is 0 Å². The number of carbonyl (C=O) groups excluding carboxylic acids is 1. The number of hydrogen-bond acceptors (Lipinski definition) is 3. The lowest BCUT2D eigenvalue weighted by Gasteiger charge is -2.34. The van der Waals surface area contributed by atoms with Crippen LogP contribution in [0.2, 0.25) is 5.02 Å². The Morgan fingerprint density at radius 3 is 3.05 bits per heavy atom. The van der Waals surface area contributed by atoms with E-state index in [1.807, 2.05) is 12.1 Å². The molecule has 1 unspecified atom stereocenters. The molecular weight excluding hydrogens is 262 g/mol. The molecule has 1 aromatic carbocycles. The molecule has 0 N–H and O–H groups in total. The Morgan fingerprint density at radius 1 is 1.53 bits per heavy atom. The lowest BCUT2D eigenvalue weighted by Crippen LogP contribution is -2.40. The first-order chi connectivity index (χ1) is 9.24. The van der Waals surface area contributed by atoms with Gasteiger partial charge in [0.2, 0.25) is 0 Å². The van der Waals surface area contributed by atoms with Gasteiger partial charge in [0.15, 0.2) is 0 Å². The predicted octanol–water partition coefficient (Wildman–Crippen LogP) is 3.55. The first-order valence-electron chi connectivity index (χ1n) is 6.86. The molecule has 1 atom stereocenters. The third kappa shape index (κ3) is 3.71. The molecule has 1 aliphatic rings. The van der Waals surface area contributed by atoms with Crippen molar-refractivity contribution in [2.45, 2.75) is 32.3 Å². The van der Waals surface area contributed by atoms with Gasteiger partial charge in [0.25, 0.3) is 0 Å². The zero-order valence-electron chi connectivity index (χ0n) is 11.3. The Balaban J connectivity index is 2.06. The standard InChI is InChI=1S/C15H20ClNO2/c1-2-8-19-13-4-3-7-17(10-13)15-6-5-12(11-18)9-14(15)16/h5-6,9,11,13H,2-4,7-8,10H2,1H3. The second-order valence-corrected chi connectivity index (χ2v) is 5.32. The van der Waals surface area contributed by atoms with Crippen LogP contribution in [0.3, 0.4) is 0 Å². The summed E-state index contributed by atoms with van der Waals surface area (Å²) in [7, 11) is 0. The molecule has 0 radical (unpaired) electrons. The lowest BCUT2D eigenvalue weighted by molar-refractivity contribution is 0.0440. The van der Waals surface area contributed by atoms with E-state index in [0.717, 1.165) is 50.9 Å². The van der Waals surface area contributed by atoms with Crippen LogP contribution < -0.4 is 4.90 Å². The van der Waals surface area contributed by atoms with Gasteiger partial charge in [-0.05, 0) is 37.5 Å². The van der Waals surface area contributed by atoms with Gasteiger partial charge in [0.05, 0.1) is 16.8 Å². The lowest BCUT2D eigenvalue weighted by atomic mass is 10.1. The first kappa shape index (κ1) is 14.4. The first-order valence-corrected chi connectivity index (χ1v) is 7.23. The van der Waals surface area contributed by atoms with Gasteiger partial charge in [-0.15, -0.1) is 0 Å². The molecule has 0 saturated carbocycles. The van der Waals surface area contributed by atoms with Crippen LogP contribution in [0.5, 0.6) is 0 Å². The van der Waals surface area contributed by atoms with Crippen molar-refractivity contribution in [3.05, 3.63) is 28.8 Å². The van der Waals surface area contributed by atoms with Crippen molar-refractivity contribution in [2.24, 2.45) is 0 Å². The minimum Gasteiger partial charge on any atom is -0.376 e. The Labute approximate surface area is 119 Å². The van der Waals surface area contributed by atoms with E-state index in [1.165, 1.54) is 0 Å². The summed E-state index contributed by atoms with van der Waals surface area (Å²) in [5.41, 5.74) is 1.61. The van der Waals surface area contributed by atoms with Crippen LogP contribution in [0.1, 0.15) is 36.5 Å². The quantitative estimate of drug-likeness (QED) is 0.773. The van der Waals surface area contributed by atoms with Crippen molar-refractivity contribution in [2.75, 3.05) is 24.6 Å². The predicted molar refractivity (Wildman–Crippen MR) is 78.3 cm³/mol. The highest BCUT2D eigenvalue weighted by Crippen LogP contribution is 2.29. The van der Waals surface area contributed by atoms with Gasteiger partial charge in [-0.25, -0.2) is 0 Å². The van der Waals surface area contributed by atoms with Crippen LogP contribution in [0, 0.1) is 0 Å². The van der Waals surface area contributed by atoms with Crippen molar-refractivity contribution in [1.29, 1.82) is 0 Å². The summed E-state index contributed by atoms with van der Waals surface area (Å²) in [5.74, 6) is 0. The number of anilines is 1. The molecule has 0 bridgehead atoms. The summed E-state index contributed by atoms with van der Waals surface area (Å²) in [6.07, 6.45) is 4.38. The zero-order valence-corrected chi connectivity index (χ0v) is 12.0. The van der Waals surface area contributed by atoms with Crippen molar-refractivity contribution in [1.82, 2.24) is 0 Å². The zero-order chi connectivity index (χ0) is 13.7. The number of aldehydes is 1. The van der Waals surface area contributed by atoms with Gasteiger partial charge < -0.3 is 9.64 Å². The van der Waals surface area contributed by atoms with Crippen molar-refractivity contribution >= 4 is 23.6 Å². The van der Waals surface area contributed by atoms with E-state index in [1.54, 1.807) is 6.07 Å². The minimum atomic E-state index is 0.288. The largest absolute Gasteiger partial charge is 0.376 e. The Kier molecular flexibility index (Phi) is 5.23. The molecular formula is C15H20ClNO2. The normalized spacial score (nSPS) is 19.5. The van der Waals surface area contributed by atoms with Gasteiger partial charge in [-0.2, -0.15) is 0 Å². The second kappa shape index (κ2) is 6.92. The fraction of sp³-hybridized carbons (Fsp3) is 0.533. The fourth-order valence-electron chi connectivity index (χ4n) is 2.43. The number of hydrogen-bond donors (Lipinski definition) is 0. The SMILES string of the molecule is CCCOC1CCCN(c2ccc(C=O)cc2Cl)C1. The topological polar surface area (TPSA) is 29.5 Å². The van der Waals surface area contributed by atoms with Gasteiger partial charge >= 0.3 is 0 Å². The molecule has 0 spiro atoms. The molecule has 0 amide bonds. The van der Waals surface area contributed by atoms with Gasteiger partial charge in [-0.1, -0.05) is 18.5 Å². The average Bonchev–Trinajstić information content (AvgIpc) is 2.45. The monoisotopic (exact) mass is 281 g/mol. The van der Waals surface area contributed by atoms with E-state index in [2.05, 4.69) is 11.8 Å². The molecule has 3 nitrogen and oxygen atoms in total. The highest BCUT2D eigenvalue weighted by molar-refractivity contribution is 6.33. The number of carbonyl (C=O) groups is 1. The van der Waals surface area contributed by atoms with Gasteiger partial charge in [0, 0.05) is 25.3 Å². The van der Waals surface area contributed by atoms with Crippen molar-refractivity contribution in [3.63, 3.8) is 0 Å². The number of ether oxygens (including phenoxy) is 1. The molecule has 1 saturated heterocycles. The van der Waals surface area contributed by atoms with E-state index in [0.29, 0.717) is 10.6 Å². The molecule has 1 aromatic rings. The highest BCUT2D eigenvalue weighted by Gasteiger charge is 2.21. The summed E-state index contributed by atoms with van der Waals surface area (Å²) >= 11 is 6.25. The second-order valence-electron chi connectivity index (χ2n) is 4.91. The summed E-state index contributed by atoms with van der Waals surface area (Å²) in [4.78, 5) is 13.0. The van der Waals surface area contributed by atoms with E-state index in [9.17, 15) is 4.79 Å². The summed E-state index contributed by atoms with van der Waals surface area (Å²) in [5, 5.41) is 0.640. The molecule has 1 aliphatic heterocycles. The Morgan fingerprint density at radius 2 is 2.37 bits per heavy atom. The van der Waals surface area contributed by atoms with Gasteiger partial charge in [-0.3, -0.25) is 4.79 Å².